The van der Waals surface area contributed by atoms with Gasteiger partial charge in [-0.3, -0.25) is 4.79 Å². The molecule has 1 aromatic heterocycles. The van der Waals surface area contributed by atoms with Gasteiger partial charge in [0.15, 0.2) is 5.13 Å². The van der Waals surface area contributed by atoms with E-state index < -0.39 is 12.6 Å². The number of hydrogen-bond donors (Lipinski definition) is 1. The largest absolute Gasteiger partial charge is 0.480 e. The molecule has 19 heavy (non-hydrogen) atoms. The van der Waals surface area contributed by atoms with E-state index in [-0.39, 0.29) is 12.5 Å². The Morgan fingerprint density at radius 3 is 2.63 bits per heavy atom. The number of amides is 1. The van der Waals surface area contributed by atoms with Crippen LogP contribution in [-0.2, 0) is 14.3 Å². The summed E-state index contributed by atoms with van der Waals surface area (Å²) in [4.78, 5) is 30.1. The Balaban J connectivity index is 1.73. The SMILES string of the molecule is O=C(O)COCC(=O)N1CCN(c2nccs2)CC1. The standard InChI is InChI=1S/C11H15N3O4S/c15-9(7-18-8-10(16)17)13-2-4-14(5-3-13)11-12-1-6-19-11/h1,6H,2-5,7-8H2,(H,16,17). The molecule has 1 amide bonds. The van der Waals surface area contributed by atoms with E-state index in [2.05, 4.69) is 9.88 Å². The van der Waals surface area contributed by atoms with Crippen LogP contribution in [0, 0.1) is 0 Å². The molecule has 7 nitrogen and oxygen atoms in total. The molecular weight excluding hydrogens is 270 g/mol. The summed E-state index contributed by atoms with van der Waals surface area (Å²) in [5, 5.41) is 11.3. The van der Waals surface area contributed by atoms with E-state index in [1.807, 2.05) is 5.38 Å². The molecule has 0 saturated carbocycles. The van der Waals surface area contributed by atoms with Crippen molar-refractivity contribution in [1.29, 1.82) is 0 Å². The first-order valence-electron chi connectivity index (χ1n) is 5.88. The average Bonchev–Trinajstić information content (AvgIpc) is 2.92. The number of thiazole rings is 1. The molecule has 0 unspecified atom stereocenters. The van der Waals surface area contributed by atoms with Crippen LogP contribution >= 0.6 is 11.3 Å². The lowest BCUT2D eigenvalue weighted by Gasteiger charge is -2.34. The number of hydrogen-bond acceptors (Lipinski definition) is 6. The Morgan fingerprint density at radius 1 is 1.32 bits per heavy atom. The van der Waals surface area contributed by atoms with E-state index in [1.54, 1.807) is 22.4 Å². The van der Waals surface area contributed by atoms with Crippen LogP contribution in [0.2, 0.25) is 0 Å². The summed E-state index contributed by atoms with van der Waals surface area (Å²) >= 11 is 1.58. The van der Waals surface area contributed by atoms with Crippen molar-refractivity contribution in [2.24, 2.45) is 0 Å². The molecule has 8 heteroatoms. The van der Waals surface area contributed by atoms with Gasteiger partial charge in [0.05, 0.1) is 0 Å². The molecule has 1 aliphatic heterocycles. The summed E-state index contributed by atoms with van der Waals surface area (Å²) in [6, 6.07) is 0. The normalized spacial score (nSPS) is 15.6. The molecule has 0 bridgehead atoms. The van der Waals surface area contributed by atoms with Crippen LogP contribution in [0.25, 0.3) is 0 Å². The molecule has 1 saturated heterocycles. The first kappa shape index (κ1) is 13.8. The summed E-state index contributed by atoms with van der Waals surface area (Å²) in [6.07, 6.45) is 1.76. The lowest BCUT2D eigenvalue weighted by Crippen LogP contribution is -2.49. The minimum Gasteiger partial charge on any atom is -0.480 e. The highest BCUT2D eigenvalue weighted by Crippen LogP contribution is 2.18. The predicted molar refractivity (Wildman–Crippen MR) is 69.4 cm³/mol. The summed E-state index contributed by atoms with van der Waals surface area (Å²) in [5.74, 6) is -1.23. The number of rotatable bonds is 5. The number of aliphatic carboxylic acids is 1. The van der Waals surface area contributed by atoms with E-state index >= 15 is 0 Å². The highest BCUT2D eigenvalue weighted by molar-refractivity contribution is 7.13. The van der Waals surface area contributed by atoms with Gasteiger partial charge >= 0.3 is 5.97 Å². The topological polar surface area (TPSA) is 83.0 Å². The number of carbonyl (C=O) groups excluding carboxylic acids is 1. The Bertz CT molecular complexity index is 429. The zero-order valence-corrected chi connectivity index (χ0v) is 11.1. The molecule has 1 fully saturated rings. The number of carboxylic acids is 1. The Labute approximate surface area is 114 Å². The van der Waals surface area contributed by atoms with Gasteiger partial charge in [-0.25, -0.2) is 9.78 Å². The molecule has 1 aliphatic rings. The van der Waals surface area contributed by atoms with Crippen molar-refractivity contribution in [2.45, 2.75) is 0 Å². The van der Waals surface area contributed by atoms with Crippen LogP contribution in [-0.4, -0.2) is 66.3 Å². The fourth-order valence-electron chi connectivity index (χ4n) is 1.84. The van der Waals surface area contributed by atoms with Gasteiger partial charge in [-0.1, -0.05) is 0 Å². The summed E-state index contributed by atoms with van der Waals surface area (Å²) in [5.41, 5.74) is 0. The van der Waals surface area contributed by atoms with E-state index in [0.717, 1.165) is 18.2 Å². The van der Waals surface area contributed by atoms with Gasteiger partial charge in [0.1, 0.15) is 13.2 Å². The van der Waals surface area contributed by atoms with Gasteiger partial charge in [-0.05, 0) is 0 Å². The van der Waals surface area contributed by atoms with Gasteiger partial charge in [0.25, 0.3) is 0 Å². The van der Waals surface area contributed by atoms with Gasteiger partial charge in [-0.15, -0.1) is 11.3 Å². The number of carbonyl (C=O) groups is 2. The number of anilines is 1. The third-order valence-corrected chi connectivity index (χ3v) is 3.61. The van der Waals surface area contributed by atoms with E-state index in [0.29, 0.717) is 13.1 Å². The lowest BCUT2D eigenvalue weighted by molar-refractivity contribution is -0.145. The van der Waals surface area contributed by atoms with Gasteiger partial charge < -0.3 is 19.6 Å². The van der Waals surface area contributed by atoms with Gasteiger partial charge in [-0.2, -0.15) is 0 Å². The molecule has 0 atom stereocenters. The molecule has 2 rings (SSSR count). The molecule has 2 heterocycles. The fraction of sp³-hybridized carbons (Fsp3) is 0.545. The maximum Gasteiger partial charge on any atom is 0.329 e. The van der Waals surface area contributed by atoms with E-state index in [9.17, 15) is 9.59 Å². The molecule has 104 valence electrons. The molecular formula is C11H15N3O4S. The van der Waals surface area contributed by atoms with Crippen molar-refractivity contribution in [3.8, 4) is 0 Å². The first-order valence-corrected chi connectivity index (χ1v) is 6.76. The molecule has 0 radical (unpaired) electrons. The van der Waals surface area contributed by atoms with Crippen LogP contribution in [0.3, 0.4) is 0 Å². The molecule has 1 aromatic rings. The van der Waals surface area contributed by atoms with Crippen molar-refractivity contribution in [2.75, 3.05) is 44.3 Å². The molecule has 0 aliphatic carbocycles. The summed E-state index contributed by atoms with van der Waals surface area (Å²) in [6.45, 7) is 2.06. The first-order chi connectivity index (χ1) is 9.16. The van der Waals surface area contributed by atoms with Crippen LogP contribution in [0.15, 0.2) is 11.6 Å². The third-order valence-electron chi connectivity index (χ3n) is 2.77. The fourth-order valence-corrected chi connectivity index (χ4v) is 2.53. The van der Waals surface area contributed by atoms with Crippen LogP contribution in [0.1, 0.15) is 0 Å². The smallest absolute Gasteiger partial charge is 0.329 e. The number of piperazine rings is 1. The lowest BCUT2D eigenvalue weighted by atomic mass is 10.3. The second-order valence-electron chi connectivity index (χ2n) is 4.07. The van der Waals surface area contributed by atoms with Gasteiger partial charge in [0, 0.05) is 37.8 Å². The van der Waals surface area contributed by atoms with Gasteiger partial charge in [0.2, 0.25) is 5.91 Å². The monoisotopic (exact) mass is 285 g/mol. The van der Waals surface area contributed by atoms with Crippen LogP contribution < -0.4 is 4.90 Å². The Morgan fingerprint density at radius 2 is 2.05 bits per heavy atom. The van der Waals surface area contributed by atoms with Crippen molar-refractivity contribution >= 4 is 28.3 Å². The van der Waals surface area contributed by atoms with Crippen molar-refractivity contribution in [3.05, 3.63) is 11.6 Å². The van der Waals surface area contributed by atoms with Crippen molar-refractivity contribution in [3.63, 3.8) is 0 Å². The average molecular weight is 285 g/mol. The zero-order valence-electron chi connectivity index (χ0n) is 10.3. The molecule has 0 aromatic carbocycles. The van der Waals surface area contributed by atoms with Crippen molar-refractivity contribution < 1.29 is 19.4 Å². The minimum absolute atomic E-state index is 0.167. The maximum absolute atomic E-state index is 11.7. The highest BCUT2D eigenvalue weighted by Gasteiger charge is 2.22. The third kappa shape index (κ3) is 3.90. The van der Waals surface area contributed by atoms with Crippen LogP contribution in [0.5, 0.6) is 0 Å². The Hall–Kier alpha value is -1.67. The second kappa shape index (κ2) is 6.48. The quantitative estimate of drug-likeness (QED) is 0.813. The van der Waals surface area contributed by atoms with Crippen molar-refractivity contribution in [1.82, 2.24) is 9.88 Å². The minimum atomic E-state index is -1.07. The second-order valence-corrected chi connectivity index (χ2v) is 4.94. The zero-order chi connectivity index (χ0) is 13.7. The van der Waals surface area contributed by atoms with E-state index in [4.69, 9.17) is 9.84 Å². The maximum atomic E-state index is 11.7. The summed E-state index contributed by atoms with van der Waals surface area (Å²) < 4.78 is 4.79. The molecule has 0 spiro atoms. The number of ether oxygens (including phenoxy) is 1. The number of aromatic nitrogens is 1. The summed E-state index contributed by atoms with van der Waals surface area (Å²) in [7, 11) is 0. The number of carboxylic acid groups (broad SMARTS) is 1. The Kier molecular flexibility index (Phi) is 4.69. The predicted octanol–water partition coefficient (Wildman–Crippen LogP) is -0.107. The van der Waals surface area contributed by atoms with Crippen LogP contribution in [0.4, 0.5) is 5.13 Å². The number of nitrogens with zero attached hydrogens (tertiary/aromatic N) is 3. The molecule has 1 N–H and O–H groups in total. The highest BCUT2D eigenvalue weighted by atomic mass is 32.1. The van der Waals surface area contributed by atoms with E-state index in [1.165, 1.54) is 0 Å².